The van der Waals surface area contributed by atoms with Crippen molar-refractivity contribution in [1.82, 2.24) is 4.90 Å². The molecule has 132 valence electrons. The number of hydrogen-bond acceptors (Lipinski definition) is 5. The van der Waals surface area contributed by atoms with E-state index in [1.807, 2.05) is 0 Å². The third kappa shape index (κ3) is 3.44. The van der Waals surface area contributed by atoms with Crippen LogP contribution in [0.5, 0.6) is 11.5 Å². The first kappa shape index (κ1) is 16.9. The second-order valence-electron chi connectivity index (χ2n) is 6.02. The highest BCUT2D eigenvalue weighted by Crippen LogP contribution is 2.43. The van der Waals surface area contributed by atoms with Crippen LogP contribution in [0.15, 0.2) is 18.2 Å². The van der Waals surface area contributed by atoms with Gasteiger partial charge in [0, 0.05) is 19.2 Å². The number of nitrogens with zero attached hydrogens (tertiary/aromatic N) is 1. The standard InChI is InChI=1S/C16H19F2NO5/c1-22-14(15(20)21)10-5-7-19(8-6-10)9-11-3-2-4-12-13(11)24-16(17,18)23-12/h2-4,10,14H,5-9H2,1H3,(H,20,21). The summed E-state index contributed by atoms with van der Waals surface area (Å²) in [6.45, 7) is 1.78. The molecule has 0 aromatic heterocycles. The number of halogens is 2. The molecule has 1 atom stereocenters. The zero-order chi connectivity index (χ0) is 17.3. The quantitative estimate of drug-likeness (QED) is 0.885. The zero-order valence-corrected chi connectivity index (χ0v) is 13.2. The van der Waals surface area contributed by atoms with Gasteiger partial charge in [0.15, 0.2) is 17.6 Å². The van der Waals surface area contributed by atoms with Crippen LogP contribution in [0.3, 0.4) is 0 Å². The van der Waals surface area contributed by atoms with E-state index >= 15 is 0 Å². The number of carbonyl (C=O) groups is 1. The number of carboxylic acid groups (broad SMARTS) is 1. The Labute approximate surface area is 137 Å². The van der Waals surface area contributed by atoms with Gasteiger partial charge in [-0.15, -0.1) is 8.78 Å². The van der Waals surface area contributed by atoms with Crippen molar-refractivity contribution in [3.63, 3.8) is 0 Å². The van der Waals surface area contributed by atoms with Crippen molar-refractivity contribution in [3.05, 3.63) is 23.8 Å². The molecule has 0 aliphatic carbocycles. The Balaban J connectivity index is 1.62. The van der Waals surface area contributed by atoms with E-state index in [-0.39, 0.29) is 17.4 Å². The summed E-state index contributed by atoms with van der Waals surface area (Å²) in [7, 11) is 1.40. The number of alkyl halides is 2. The fourth-order valence-corrected chi connectivity index (χ4v) is 3.30. The molecular formula is C16H19F2NO5. The summed E-state index contributed by atoms with van der Waals surface area (Å²) in [6.07, 6.45) is -3.08. The predicted molar refractivity (Wildman–Crippen MR) is 79.1 cm³/mol. The number of fused-ring (bicyclic) bond motifs is 1. The SMILES string of the molecule is COC(C(=O)O)C1CCN(Cc2cccc3c2OC(F)(F)O3)CC1. The lowest BCUT2D eigenvalue weighted by Gasteiger charge is -2.34. The van der Waals surface area contributed by atoms with Crippen LogP contribution in [0, 0.1) is 5.92 Å². The van der Waals surface area contributed by atoms with Gasteiger partial charge in [-0.2, -0.15) is 0 Å². The lowest BCUT2D eigenvalue weighted by Crippen LogP contribution is -2.41. The minimum absolute atomic E-state index is 0.0395. The molecule has 2 aliphatic heterocycles. The first-order valence-corrected chi connectivity index (χ1v) is 7.75. The number of benzene rings is 1. The van der Waals surface area contributed by atoms with E-state index in [2.05, 4.69) is 14.4 Å². The van der Waals surface area contributed by atoms with E-state index in [4.69, 9.17) is 9.84 Å². The number of hydrogen-bond donors (Lipinski definition) is 1. The van der Waals surface area contributed by atoms with Crippen molar-refractivity contribution >= 4 is 5.97 Å². The lowest BCUT2D eigenvalue weighted by atomic mass is 9.91. The van der Waals surface area contributed by atoms with Crippen LogP contribution in [0.25, 0.3) is 0 Å². The fraction of sp³-hybridized carbons (Fsp3) is 0.562. The van der Waals surface area contributed by atoms with Crippen LogP contribution in [0.4, 0.5) is 8.78 Å². The van der Waals surface area contributed by atoms with Gasteiger partial charge >= 0.3 is 12.3 Å². The maximum absolute atomic E-state index is 13.2. The molecule has 0 saturated carbocycles. The fourth-order valence-electron chi connectivity index (χ4n) is 3.30. The molecule has 8 heteroatoms. The molecule has 1 aromatic carbocycles. The van der Waals surface area contributed by atoms with Crippen molar-refractivity contribution < 1.29 is 32.9 Å². The summed E-state index contributed by atoms with van der Waals surface area (Å²) in [5.41, 5.74) is 0.629. The Kier molecular flexibility index (Phi) is 4.60. The van der Waals surface area contributed by atoms with Gasteiger partial charge in [-0.25, -0.2) is 4.79 Å². The molecule has 0 radical (unpaired) electrons. The molecule has 1 fully saturated rings. The molecule has 1 N–H and O–H groups in total. The minimum Gasteiger partial charge on any atom is -0.479 e. The average Bonchev–Trinajstić information content (AvgIpc) is 2.84. The maximum atomic E-state index is 13.2. The molecule has 2 aliphatic rings. The van der Waals surface area contributed by atoms with Gasteiger partial charge in [0.05, 0.1) is 0 Å². The largest absolute Gasteiger partial charge is 0.586 e. The highest BCUT2D eigenvalue weighted by atomic mass is 19.3. The van der Waals surface area contributed by atoms with Gasteiger partial charge < -0.3 is 19.3 Å². The summed E-state index contributed by atoms with van der Waals surface area (Å²) in [6, 6.07) is 4.82. The molecule has 1 unspecified atom stereocenters. The van der Waals surface area contributed by atoms with E-state index in [9.17, 15) is 13.6 Å². The Morgan fingerprint density at radius 2 is 2.12 bits per heavy atom. The van der Waals surface area contributed by atoms with Crippen LogP contribution >= 0.6 is 0 Å². The summed E-state index contributed by atoms with van der Waals surface area (Å²) in [4.78, 5) is 13.2. The summed E-state index contributed by atoms with van der Waals surface area (Å²) in [5.74, 6) is -0.888. The van der Waals surface area contributed by atoms with Crippen LogP contribution in [-0.4, -0.2) is 48.6 Å². The lowest BCUT2D eigenvalue weighted by molar-refractivity contribution is -0.287. The van der Waals surface area contributed by atoms with Gasteiger partial charge in [-0.3, -0.25) is 4.90 Å². The highest BCUT2D eigenvalue weighted by Gasteiger charge is 2.44. The molecule has 3 rings (SSSR count). The van der Waals surface area contributed by atoms with Gasteiger partial charge in [-0.05, 0) is 37.9 Å². The summed E-state index contributed by atoms with van der Waals surface area (Å²) in [5, 5.41) is 9.14. The van der Waals surface area contributed by atoms with Crippen molar-refractivity contribution in [2.24, 2.45) is 5.92 Å². The van der Waals surface area contributed by atoms with Crippen LogP contribution in [-0.2, 0) is 16.1 Å². The second kappa shape index (κ2) is 6.52. The number of carboxylic acids is 1. The van der Waals surface area contributed by atoms with Gasteiger partial charge in [0.2, 0.25) is 0 Å². The number of piperidine rings is 1. The molecule has 1 saturated heterocycles. The molecule has 6 nitrogen and oxygen atoms in total. The Bertz CT molecular complexity index is 616. The Morgan fingerprint density at radius 1 is 1.42 bits per heavy atom. The maximum Gasteiger partial charge on any atom is 0.586 e. The normalized spacial score (nSPS) is 21.6. The van der Waals surface area contributed by atoms with Gasteiger partial charge in [0.1, 0.15) is 0 Å². The third-order valence-electron chi connectivity index (χ3n) is 4.46. The first-order chi connectivity index (χ1) is 11.4. The number of aliphatic carboxylic acids is 1. The topological polar surface area (TPSA) is 68.2 Å². The number of ether oxygens (including phenoxy) is 3. The number of likely N-dealkylation sites (tertiary alicyclic amines) is 1. The number of methoxy groups -OCH3 is 1. The highest BCUT2D eigenvalue weighted by molar-refractivity contribution is 5.72. The minimum atomic E-state index is -3.63. The molecule has 24 heavy (non-hydrogen) atoms. The number of para-hydroxylation sites is 1. The van der Waals surface area contributed by atoms with E-state index in [0.717, 1.165) is 0 Å². The summed E-state index contributed by atoms with van der Waals surface area (Å²) < 4.78 is 40.5. The molecule has 1 aromatic rings. The van der Waals surface area contributed by atoms with Crippen molar-refractivity contribution in [2.75, 3.05) is 20.2 Å². The van der Waals surface area contributed by atoms with Crippen LogP contribution < -0.4 is 9.47 Å². The van der Waals surface area contributed by atoms with Gasteiger partial charge in [-0.1, -0.05) is 12.1 Å². The van der Waals surface area contributed by atoms with E-state index in [1.165, 1.54) is 13.2 Å². The monoisotopic (exact) mass is 343 g/mol. The van der Waals surface area contributed by atoms with Gasteiger partial charge in [0.25, 0.3) is 0 Å². The van der Waals surface area contributed by atoms with Crippen molar-refractivity contribution in [1.29, 1.82) is 0 Å². The smallest absolute Gasteiger partial charge is 0.479 e. The van der Waals surface area contributed by atoms with Crippen molar-refractivity contribution in [3.8, 4) is 11.5 Å². The van der Waals surface area contributed by atoms with Crippen LogP contribution in [0.2, 0.25) is 0 Å². The molecule has 0 spiro atoms. The van der Waals surface area contributed by atoms with Crippen LogP contribution in [0.1, 0.15) is 18.4 Å². The Hall–Kier alpha value is -1.93. The second-order valence-corrected chi connectivity index (χ2v) is 6.02. The molecular weight excluding hydrogens is 324 g/mol. The first-order valence-electron chi connectivity index (χ1n) is 7.75. The number of rotatable bonds is 5. The predicted octanol–water partition coefficient (Wildman–Crippen LogP) is 2.32. The van der Waals surface area contributed by atoms with Crippen molar-refractivity contribution in [2.45, 2.75) is 31.8 Å². The zero-order valence-electron chi connectivity index (χ0n) is 13.2. The average molecular weight is 343 g/mol. The van der Waals surface area contributed by atoms with E-state index in [1.54, 1.807) is 12.1 Å². The third-order valence-corrected chi connectivity index (χ3v) is 4.46. The molecule has 2 heterocycles. The Morgan fingerprint density at radius 3 is 2.75 bits per heavy atom. The van der Waals surface area contributed by atoms with E-state index in [0.29, 0.717) is 38.0 Å². The molecule has 0 bridgehead atoms. The molecule has 0 amide bonds. The summed E-state index contributed by atoms with van der Waals surface area (Å²) >= 11 is 0. The van der Waals surface area contributed by atoms with E-state index < -0.39 is 18.4 Å².